The summed E-state index contributed by atoms with van der Waals surface area (Å²) in [5, 5.41) is 31.9. The van der Waals surface area contributed by atoms with Gasteiger partial charge >= 0.3 is 7.69 Å². The Morgan fingerprint density at radius 3 is 0.747 bits per heavy atom. The monoisotopic (exact) mass is 2010 g/mol. The fourth-order valence-electron chi connectivity index (χ4n) is 19.9. The van der Waals surface area contributed by atoms with Gasteiger partial charge in [0.2, 0.25) is 0 Å². The number of fused-ring (bicyclic) bond motifs is 21. The van der Waals surface area contributed by atoms with Gasteiger partial charge in [-0.1, -0.05) is 366 Å². The largest absolute Gasteiger partial charge is 0.569 e. The first-order valence-electron chi connectivity index (χ1n) is 48.2. The van der Waals surface area contributed by atoms with Gasteiger partial charge in [-0.25, -0.2) is 0 Å². The number of rotatable bonds is 14. The van der Waals surface area contributed by atoms with Gasteiger partial charge in [0.1, 0.15) is 83.9 Å². The molecule has 0 saturated heterocycles. The lowest BCUT2D eigenvalue weighted by Gasteiger charge is -2.10. The van der Waals surface area contributed by atoms with E-state index < -0.39 is 0 Å². The lowest BCUT2D eigenvalue weighted by Crippen LogP contribution is -1.99. The first-order valence-corrected chi connectivity index (χ1v) is 49.8. The fourth-order valence-corrected chi connectivity index (χ4v) is 20.6. The van der Waals surface area contributed by atoms with Gasteiger partial charge in [0.25, 0.3) is 0 Å². The third-order valence-corrected chi connectivity index (χ3v) is 28.0. The van der Waals surface area contributed by atoms with E-state index in [1.54, 1.807) is 6.07 Å². The molecule has 693 valence electrons. The van der Waals surface area contributed by atoms with Crippen LogP contribution in [0.3, 0.4) is 0 Å². The molecule has 29 rings (SSSR count). The summed E-state index contributed by atoms with van der Waals surface area (Å²) >= 11 is 7.03. The summed E-state index contributed by atoms with van der Waals surface area (Å²) in [4.78, 5) is 0. The molecule has 3 N–H and O–H groups in total. The highest BCUT2D eigenvalue weighted by Gasteiger charge is 2.21. The Hall–Kier alpha value is -18.2. The first kappa shape index (κ1) is 89.2. The molecule has 29 aromatic rings. The lowest BCUT2D eigenvalue weighted by molar-refractivity contribution is 0.454. The van der Waals surface area contributed by atoms with E-state index in [1.165, 1.54) is 38.8 Å². The van der Waals surface area contributed by atoms with Crippen molar-refractivity contribution in [3.8, 4) is 94.8 Å². The van der Waals surface area contributed by atoms with Gasteiger partial charge in [-0.15, -0.1) is 0 Å². The van der Waals surface area contributed by atoms with Gasteiger partial charge in [-0.05, 0) is 219 Å². The maximum absolute atomic E-state index is 8.78. The molecule has 146 heavy (non-hydrogen) atoms. The summed E-state index contributed by atoms with van der Waals surface area (Å²) < 4.78 is 49.9. The van der Waals surface area contributed by atoms with Gasteiger partial charge in [-0.2, -0.15) is 0 Å². The molecule has 1 radical (unpaired) electrons. The second-order valence-electron chi connectivity index (χ2n) is 35.9. The molecule has 0 saturated carbocycles. The number of benzene rings is 22. The standard InChI is InChI=1S/2C36H23NO2.C24H15BrO.C18H12BO3.C18H11BrO/c1-3-13-33-29(7-1)31-11-5-9-27(35(31)38-33)23-15-19-25(20-16-23)37-26-21-17-24(18-22-26)28-10-6-12-32-30-8-2-4-14-34(30)39-36(28)32;1-3-7-33-29(5-1)31-21-25(13-19-35(31)38-33)23-9-15-27(16-10-23)37-28-17-11-24(12-18-28)26-14-20-36-32(22-26)30-6-2-4-8-34(30)39-36;25-19-13-11-16(12-14-19)17-5-3-6-18(15-17)20-8-4-9-22-21-7-1-2-10-23(21)26-24(20)22;20-19-22-13-6-3-5-12(11-13)14-8-4-9-16-15-7-1-2-10-17(15)21-18(14)16;19-13-6-3-5-12(11-13)14-8-4-9-16-15-7-1-2-10-17(15)20-18(14)16/h2*1-22,37H;1-15H;1-11,20H;1-11H. The number of para-hydroxylation sites is 12. The molecule has 0 unspecified atom stereocenters. The predicted octanol–water partition coefficient (Wildman–Crippen LogP) is 39.0. The van der Waals surface area contributed by atoms with Crippen LogP contribution in [0.4, 0.5) is 22.7 Å². The Morgan fingerprint density at radius 2 is 0.411 bits per heavy atom. The van der Waals surface area contributed by atoms with Crippen LogP contribution in [0.2, 0.25) is 0 Å². The maximum atomic E-state index is 8.78. The van der Waals surface area contributed by atoms with Crippen molar-refractivity contribution in [3.05, 3.63) is 500 Å². The summed E-state index contributed by atoms with van der Waals surface area (Å²) in [7, 11) is 0.681. The summed E-state index contributed by atoms with van der Waals surface area (Å²) in [5.74, 6) is 0.577. The summed E-state index contributed by atoms with van der Waals surface area (Å²) in [5.41, 5.74) is 35.1. The Kier molecular flexibility index (Phi) is 23.8. The van der Waals surface area contributed by atoms with E-state index >= 15 is 0 Å². The predicted molar refractivity (Wildman–Crippen MR) is 610 cm³/mol. The minimum Gasteiger partial charge on any atom is -0.537 e. The highest BCUT2D eigenvalue weighted by Crippen LogP contribution is 2.46. The van der Waals surface area contributed by atoms with Gasteiger partial charge in [0.05, 0.1) is 0 Å². The zero-order valence-corrected chi connectivity index (χ0v) is 81.5. The quantitative estimate of drug-likeness (QED) is 0.0895. The van der Waals surface area contributed by atoms with Crippen LogP contribution in [0.15, 0.2) is 531 Å². The third-order valence-electron chi connectivity index (χ3n) is 27.0. The van der Waals surface area contributed by atoms with E-state index in [-0.39, 0.29) is 0 Å². The van der Waals surface area contributed by atoms with Crippen LogP contribution >= 0.6 is 31.9 Å². The summed E-state index contributed by atoms with van der Waals surface area (Å²) in [6.07, 6.45) is 0. The van der Waals surface area contributed by atoms with Crippen molar-refractivity contribution < 1.29 is 40.6 Å². The van der Waals surface area contributed by atoms with Crippen molar-refractivity contribution in [3.63, 3.8) is 0 Å². The molecule has 22 aromatic carbocycles. The van der Waals surface area contributed by atoms with Crippen LogP contribution in [0, 0.1) is 0 Å². The summed E-state index contributed by atoms with van der Waals surface area (Å²) in [6.45, 7) is 0. The molecule has 7 heterocycles. The molecule has 0 aliphatic heterocycles. The van der Waals surface area contributed by atoms with Crippen molar-refractivity contribution in [2.24, 2.45) is 0 Å². The first-order chi connectivity index (χ1) is 72.1. The summed E-state index contributed by atoms with van der Waals surface area (Å²) in [6, 6.07) is 168. The zero-order valence-electron chi connectivity index (χ0n) is 78.3. The second kappa shape index (κ2) is 39.0. The minimum absolute atomic E-state index is 0.577. The maximum Gasteiger partial charge on any atom is 0.569 e. The van der Waals surface area contributed by atoms with Crippen molar-refractivity contribution in [1.82, 2.24) is 0 Å². The third kappa shape index (κ3) is 17.6. The molecule has 0 atom stereocenters. The molecule has 0 aliphatic rings. The van der Waals surface area contributed by atoms with Crippen molar-refractivity contribution in [2.75, 3.05) is 10.6 Å². The topological polar surface area (TPSA) is 146 Å². The van der Waals surface area contributed by atoms with E-state index in [4.69, 9.17) is 40.6 Å². The number of halogens is 2. The molecule has 0 aliphatic carbocycles. The molecular formula is C132H84BBr2N2O9. The SMILES string of the molecule is Brc1ccc(-c2cccc(-c3cccc4c3oc3ccccc34)c2)cc1.Brc1cccc(-c2cccc3c2oc2ccccc23)c1.O[B]Oc1cccc(-c2cccc3c2oc2ccccc23)c1.c1ccc2c(c1)oc1c(-c3ccc(Nc4ccc(-c5cccc6c5oc5ccccc56)cc4)cc3)cccc12.c1ccc2c(c1)oc1ccc(-c3ccc(Nc4ccc(-c5ccc6oc7ccccc7c6c5)cc4)cc3)cc12. The number of hydrogen-bond donors (Lipinski definition) is 3. The molecule has 0 bridgehead atoms. The van der Waals surface area contributed by atoms with E-state index in [9.17, 15) is 0 Å². The average molecular weight is 2010 g/mol. The van der Waals surface area contributed by atoms with Crippen molar-refractivity contribution >= 4 is 216 Å². The molecule has 11 nitrogen and oxygen atoms in total. The Balaban J connectivity index is 0.0000000977. The Morgan fingerprint density at radius 1 is 0.171 bits per heavy atom. The number of nitrogens with one attached hydrogen (secondary N) is 2. The normalized spacial score (nSPS) is 11.4. The van der Waals surface area contributed by atoms with Crippen LogP contribution in [0.5, 0.6) is 5.75 Å². The van der Waals surface area contributed by atoms with Gasteiger partial charge in [-0.3, -0.25) is 0 Å². The smallest absolute Gasteiger partial charge is 0.537 e. The van der Waals surface area contributed by atoms with Gasteiger partial charge in [0.15, 0.2) is 0 Å². The highest BCUT2D eigenvalue weighted by molar-refractivity contribution is 9.10. The van der Waals surface area contributed by atoms with Crippen LogP contribution in [0.1, 0.15) is 0 Å². The molecule has 0 amide bonds. The van der Waals surface area contributed by atoms with Crippen molar-refractivity contribution in [1.29, 1.82) is 0 Å². The van der Waals surface area contributed by atoms with Crippen LogP contribution in [-0.4, -0.2) is 12.7 Å². The molecule has 14 heteroatoms. The molecule has 0 fully saturated rings. The average Bonchev–Trinajstić information content (AvgIpc) is 1.63. The van der Waals surface area contributed by atoms with Gasteiger partial charge in [0, 0.05) is 135 Å². The number of hydrogen-bond acceptors (Lipinski definition) is 11. The van der Waals surface area contributed by atoms with E-state index in [1.807, 2.05) is 140 Å². The molecule has 0 spiro atoms. The van der Waals surface area contributed by atoms with Crippen LogP contribution in [-0.2, 0) is 0 Å². The van der Waals surface area contributed by atoms with Crippen molar-refractivity contribution in [2.45, 2.75) is 0 Å². The zero-order chi connectivity index (χ0) is 97.5. The lowest BCUT2D eigenvalue weighted by atomic mass is 9.98. The highest BCUT2D eigenvalue weighted by atomic mass is 79.9. The van der Waals surface area contributed by atoms with E-state index in [0.29, 0.717) is 13.4 Å². The molecular weight excluding hydrogens is 1930 g/mol. The van der Waals surface area contributed by atoms with Gasteiger partial charge < -0.3 is 51.2 Å². The Labute approximate surface area is 855 Å². The second-order valence-corrected chi connectivity index (χ2v) is 37.8. The van der Waals surface area contributed by atoms with Crippen LogP contribution in [0.25, 0.3) is 243 Å². The fraction of sp³-hybridized carbons (Fsp3) is 0. The Bertz CT molecular complexity index is 9640. The van der Waals surface area contributed by atoms with E-state index in [2.05, 4.69) is 388 Å². The van der Waals surface area contributed by atoms with Crippen LogP contribution < -0.4 is 15.3 Å². The van der Waals surface area contributed by atoms with E-state index in [0.717, 1.165) is 236 Å². The number of furan rings is 7. The number of anilines is 4. The minimum atomic E-state index is 0.577. The molecule has 7 aromatic heterocycles.